The summed E-state index contributed by atoms with van der Waals surface area (Å²) in [4.78, 5) is 4.00. The maximum absolute atomic E-state index is 5.73. The molecule has 3 rings (SSSR count). The van der Waals surface area contributed by atoms with Gasteiger partial charge in [0, 0.05) is 11.6 Å². The molecule has 0 aliphatic carbocycles. The Morgan fingerprint density at radius 2 is 2.17 bits per heavy atom. The average molecular weight is 239 g/mol. The van der Waals surface area contributed by atoms with E-state index in [9.17, 15) is 0 Å². The van der Waals surface area contributed by atoms with Gasteiger partial charge in [-0.2, -0.15) is 0 Å². The van der Waals surface area contributed by atoms with Gasteiger partial charge in [0.05, 0.1) is 6.20 Å². The highest BCUT2D eigenvalue weighted by atomic mass is 16.5. The van der Waals surface area contributed by atoms with Crippen molar-refractivity contribution in [3.8, 4) is 5.75 Å². The Hall–Kier alpha value is -2.29. The van der Waals surface area contributed by atoms with Crippen LogP contribution >= 0.6 is 0 Å². The van der Waals surface area contributed by atoms with Gasteiger partial charge in [-0.3, -0.25) is 4.98 Å². The van der Waals surface area contributed by atoms with Crippen LogP contribution in [-0.4, -0.2) is 4.98 Å². The van der Waals surface area contributed by atoms with Gasteiger partial charge in [-0.1, -0.05) is 12.1 Å². The van der Waals surface area contributed by atoms with Gasteiger partial charge < -0.3 is 9.15 Å². The maximum atomic E-state index is 5.73. The number of hydrogen-bond donors (Lipinski definition) is 0. The number of benzene rings is 1. The zero-order chi connectivity index (χ0) is 12.4. The molecule has 0 unspecified atom stereocenters. The van der Waals surface area contributed by atoms with Crippen molar-refractivity contribution in [2.45, 2.75) is 13.5 Å². The third-order valence-corrected chi connectivity index (χ3v) is 2.85. The first kappa shape index (κ1) is 10.8. The summed E-state index contributed by atoms with van der Waals surface area (Å²) >= 11 is 0. The molecule has 0 amide bonds. The van der Waals surface area contributed by atoms with Crippen LogP contribution in [0.1, 0.15) is 11.3 Å². The normalized spacial score (nSPS) is 10.7. The summed E-state index contributed by atoms with van der Waals surface area (Å²) in [6, 6.07) is 11.8. The van der Waals surface area contributed by atoms with Crippen molar-refractivity contribution in [2.24, 2.45) is 0 Å². The predicted octanol–water partition coefficient (Wildman–Crippen LogP) is 3.72. The highest BCUT2D eigenvalue weighted by molar-refractivity contribution is 5.81. The van der Waals surface area contributed by atoms with Crippen molar-refractivity contribution in [1.29, 1.82) is 0 Å². The zero-order valence-corrected chi connectivity index (χ0v) is 10.1. The fourth-order valence-electron chi connectivity index (χ4n) is 1.92. The van der Waals surface area contributed by atoms with Gasteiger partial charge in [-0.05, 0) is 36.8 Å². The molecular weight excluding hydrogens is 226 g/mol. The van der Waals surface area contributed by atoms with Crippen molar-refractivity contribution in [1.82, 2.24) is 4.98 Å². The van der Waals surface area contributed by atoms with Gasteiger partial charge in [0.25, 0.3) is 0 Å². The topological polar surface area (TPSA) is 35.3 Å². The number of ether oxygens (including phenoxy) is 1. The van der Waals surface area contributed by atoms with Crippen LogP contribution in [0.15, 0.2) is 53.2 Å². The Labute approximate surface area is 105 Å². The Bertz CT molecular complexity index is 659. The quantitative estimate of drug-likeness (QED) is 0.698. The second-order valence-electron chi connectivity index (χ2n) is 4.18. The van der Waals surface area contributed by atoms with Crippen LogP contribution in [0, 0.1) is 6.92 Å². The highest BCUT2D eigenvalue weighted by Gasteiger charge is 2.06. The Morgan fingerprint density at radius 3 is 2.94 bits per heavy atom. The fraction of sp³-hybridized carbons (Fsp3) is 0.133. The van der Waals surface area contributed by atoms with Crippen LogP contribution in [0.3, 0.4) is 0 Å². The number of aryl methyl sites for hydroxylation is 1. The van der Waals surface area contributed by atoms with Crippen LogP contribution in [0.5, 0.6) is 5.75 Å². The minimum absolute atomic E-state index is 0.416. The summed E-state index contributed by atoms with van der Waals surface area (Å²) in [5.74, 6) is 1.57. The summed E-state index contributed by atoms with van der Waals surface area (Å²) in [6.45, 7) is 2.49. The molecule has 18 heavy (non-hydrogen) atoms. The van der Waals surface area contributed by atoms with Gasteiger partial charge in [-0.15, -0.1) is 0 Å². The van der Waals surface area contributed by atoms with Crippen LogP contribution in [-0.2, 0) is 6.61 Å². The predicted molar refractivity (Wildman–Crippen MR) is 69.5 cm³/mol. The smallest absolute Gasteiger partial charge is 0.146 e. The molecule has 0 N–H and O–H groups in total. The van der Waals surface area contributed by atoms with Crippen molar-refractivity contribution < 1.29 is 9.15 Å². The monoisotopic (exact) mass is 239 g/mol. The molecule has 2 heterocycles. The molecule has 0 spiro atoms. The molecular formula is C15H13NO2. The second kappa shape index (κ2) is 4.53. The average Bonchev–Trinajstić information content (AvgIpc) is 2.82. The number of fused-ring (bicyclic) bond motifs is 1. The molecule has 3 nitrogen and oxygen atoms in total. The zero-order valence-electron chi connectivity index (χ0n) is 10.1. The molecule has 0 atom stereocenters. The van der Waals surface area contributed by atoms with Gasteiger partial charge in [0.2, 0.25) is 0 Å². The van der Waals surface area contributed by atoms with Crippen molar-refractivity contribution in [3.63, 3.8) is 0 Å². The Morgan fingerprint density at radius 1 is 1.22 bits per heavy atom. The van der Waals surface area contributed by atoms with Crippen LogP contribution in [0.25, 0.3) is 11.0 Å². The standard InChI is InChI=1S/C15H13NO2/c1-11-4-2-6-15-14(11)8-13(18-15)10-17-12-5-3-7-16-9-12/h2-9H,10H2,1H3. The molecule has 0 aliphatic heterocycles. The lowest BCUT2D eigenvalue weighted by Gasteiger charge is -2.01. The Kier molecular flexibility index (Phi) is 2.73. The molecule has 0 saturated heterocycles. The minimum atomic E-state index is 0.416. The van der Waals surface area contributed by atoms with E-state index in [0.29, 0.717) is 6.61 Å². The summed E-state index contributed by atoms with van der Waals surface area (Å²) in [5.41, 5.74) is 2.11. The highest BCUT2D eigenvalue weighted by Crippen LogP contribution is 2.23. The van der Waals surface area contributed by atoms with Gasteiger partial charge in [0.1, 0.15) is 23.7 Å². The number of furan rings is 1. The lowest BCUT2D eigenvalue weighted by molar-refractivity contribution is 0.273. The van der Waals surface area contributed by atoms with Crippen LogP contribution < -0.4 is 4.74 Å². The van der Waals surface area contributed by atoms with E-state index in [-0.39, 0.29) is 0 Å². The van der Waals surface area contributed by atoms with Crippen LogP contribution in [0.2, 0.25) is 0 Å². The number of rotatable bonds is 3. The molecule has 3 heteroatoms. The van der Waals surface area contributed by atoms with E-state index >= 15 is 0 Å². The van der Waals surface area contributed by atoms with Crippen molar-refractivity contribution in [2.75, 3.05) is 0 Å². The third kappa shape index (κ3) is 2.07. The van der Waals surface area contributed by atoms with E-state index < -0.39 is 0 Å². The molecule has 0 saturated carbocycles. The largest absolute Gasteiger partial charge is 0.484 e. The van der Waals surface area contributed by atoms with Gasteiger partial charge in [0.15, 0.2) is 0 Å². The maximum Gasteiger partial charge on any atom is 0.146 e. The lowest BCUT2D eigenvalue weighted by atomic mass is 10.1. The molecule has 0 bridgehead atoms. The summed E-state index contributed by atoms with van der Waals surface area (Å²) in [5, 5.41) is 1.14. The second-order valence-corrected chi connectivity index (χ2v) is 4.18. The first-order valence-electron chi connectivity index (χ1n) is 5.84. The van der Waals surface area contributed by atoms with E-state index in [0.717, 1.165) is 22.5 Å². The van der Waals surface area contributed by atoms with Gasteiger partial charge in [-0.25, -0.2) is 0 Å². The number of aromatic nitrogens is 1. The van der Waals surface area contributed by atoms with E-state index in [1.54, 1.807) is 12.4 Å². The van der Waals surface area contributed by atoms with E-state index in [1.807, 2.05) is 30.3 Å². The Balaban J connectivity index is 1.81. The molecule has 3 aromatic rings. The minimum Gasteiger partial charge on any atom is -0.484 e. The fourth-order valence-corrected chi connectivity index (χ4v) is 1.92. The summed E-state index contributed by atoms with van der Waals surface area (Å²) in [6.07, 6.45) is 3.41. The first-order chi connectivity index (χ1) is 8.83. The van der Waals surface area contributed by atoms with Gasteiger partial charge >= 0.3 is 0 Å². The van der Waals surface area contributed by atoms with E-state index in [1.165, 1.54) is 5.56 Å². The molecule has 0 fully saturated rings. The lowest BCUT2D eigenvalue weighted by Crippen LogP contribution is -1.93. The SMILES string of the molecule is Cc1cccc2oc(COc3cccnc3)cc12. The molecule has 90 valence electrons. The molecule has 0 aliphatic rings. The van der Waals surface area contributed by atoms with Crippen molar-refractivity contribution in [3.05, 3.63) is 60.1 Å². The molecule has 1 aromatic carbocycles. The van der Waals surface area contributed by atoms with Crippen LogP contribution in [0.4, 0.5) is 0 Å². The van der Waals surface area contributed by atoms with E-state index in [4.69, 9.17) is 9.15 Å². The third-order valence-electron chi connectivity index (χ3n) is 2.85. The van der Waals surface area contributed by atoms with E-state index in [2.05, 4.69) is 18.0 Å². The number of nitrogens with zero attached hydrogens (tertiary/aromatic N) is 1. The molecule has 0 radical (unpaired) electrons. The van der Waals surface area contributed by atoms with Crippen molar-refractivity contribution >= 4 is 11.0 Å². The summed E-state index contributed by atoms with van der Waals surface area (Å²) < 4.78 is 11.3. The number of pyridine rings is 1. The summed E-state index contributed by atoms with van der Waals surface area (Å²) in [7, 11) is 0. The number of hydrogen-bond acceptors (Lipinski definition) is 3. The first-order valence-corrected chi connectivity index (χ1v) is 5.84. The molecule has 2 aromatic heterocycles.